The Morgan fingerprint density at radius 2 is 1.71 bits per heavy atom. The summed E-state index contributed by atoms with van der Waals surface area (Å²) in [6.07, 6.45) is 0.428. The molecule has 92 valence electrons. The predicted molar refractivity (Wildman–Crippen MR) is 72.5 cm³/mol. The quantitative estimate of drug-likeness (QED) is 0.840. The maximum atomic E-state index is 11.3. The third-order valence-corrected chi connectivity index (χ3v) is 2.83. The van der Waals surface area contributed by atoms with Crippen molar-refractivity contribution in [1.29, 1.82) is 0 Å². The maximum Gasteiger partial charge on any atom is 0.235 e. The summed E-state index contributed by atoms with van der Waals surface area (Å²) in [6, 6.07) is 5.41. The summed E-state index contributed by atoms with van der Waals surface area (Å²) < 4.78 is 0. The Balaban J connectivity index is 2.91. The molecular weight excluding hydrogens is 284 g/mol. The number of alkyl halides is 1. The Morgan fingerprint density at radius 3 is 2.18 bits per heavy atom. The van der Waals surface area contributed by atoms with Crippen LogP contribution in [0.5, 0.6) is 0 Å². The summed E-state index contributed by atoms with van der Waals surface area (Å²) >= 11 is 3.09. The van der Waals surface area contributed by atoms with Crippen LogP contribution in [0.4, 0.5) is 11.4 Å². The van der Waals surface area contributed by atoms with Crippen molar-refractivity contribution in [1.82, 2.24) is 0 Å². The molecule has 0 aliphatic rings. The normalized spacial score (nSPS) is 9.82. The second kappa shape index (κ2) is 6.39. The van der Waals surface area contributed by atoms with E-state index in [2.05, 4.69) is 26.6 Å². The van der Waals surface area contributed by atoms with Gasteiger partial charge in [-0.1, -0.05) is 28.9 Å². The highest BCUT2D eigenvalue weighted by atomic mass is 79.9. The highest BCUT2D eigenvalue weighted by molar-refractivity contribution is 9.09. The van der Waals surface area contributed by atoms with Crippen molar-refractivity contribution in [2.45, 2.75) is 20.3 Å². The number of halogens is 1. The number of carbonyl (C=O) groups is 2. The van der Waals surface area contributed by atoms with Gasteiger partial charge in [0.25, 0.3) is 0 Å². The third kappa shape index (κ3) is 3.85. The van der Waals surface area contributed by atoms with E-state index in [0.29, 0.717) is 12.1 Å². The lowest BCUT2D eigenvalue weighted by Crippen LogP contribution is -2.15. The number of amides is 2. The van der Waals surface area contributed by atoms with Gasteiger partial charge in [-0.3, -0.25) is 9.59 Å². The van der Waals surface area contributed by atoms with Gasteiger partial charge in [0.15, 0.2) is 0 Å². The second-order valence-electron chi connectivity index (χ2n) is 3.56. The molecule has 0 aliphatic carbocycles. The topological polar surface area (TPSA) is 58.2 Å². The van der Waals surface area contributed by atoms with Gasteiger partial charge in [0.2, 0.25) is 11.8 Å². The molecule has 2 N–H and O–H groups in total. The molecule has 17 heavy (non-hydrogen) atoms. The van der Waals surface area contributed by atoms with Gasteiger partial charge < -0.3 is 10.6 Å². The SMILES string of the molecule is CCC(=O)Nc1cccc(NC(=O)CBr)c1C. The standard InChI is InChI=1S/C12H15BrN2O2/c1-3-11(16)14-9-5-4-6-10(8(9)2)15-12(17)7-13/h4-6H,3,7H2,1-2H3,(H,14,16)(H,15,17). The van der Waals surface area contributed by atoms with E-state index < -0.39 is 0 Å². The molecular formula is C12H15BrN2O2. The van der Waals surface area contributed by atoms with Crippen molar-refractivity contribution in [3.05, 3.63) is 23.8 Å². The van der Waals surface area contributed by atoms with Crippen LogP contribution in [0, 0.1) is 6.92 Å². The summed E-state index contributed by atoms with van der Waals surface area (Å²) in [5, 5.41) is 5.79. The zero-order valence-corrected chi connectivity index (χ0v) is 11.4. The Bertz CT molecular complexity index is 396. The Kier molecular flexibility index (Phi) is 5.15. The first-order valence-electron chi connectivity index (χ1n) is 5.33. The van der Waals surface area contributed by atoms with Crippen LogP contribution in [0.2, 0.25) is 0 Å². The third-order valence-electron chi connectivity index (χ3n) is 2.32. The molecule has 1 aromatic rings. The second-order valence-corrected chi connectivity index (χ2v) is 4.12. The molecule has 1 rings (SSSR count). The molecule has 0 saturated heterocycles. The minimum Gasteiger partial charge on any atom is -0.326 e. The minimum atomic E-state index is -0.118. The molecule has 0 radical (unpaired) electrons. The van der Waals surface area contributed by atoms with Gasteiger partial charge in [-0.15, -0.1) is 0 Å². The number of hydrogen-bond donors (Lipinski definition) is 2. The van der Waals surface area contributed by atoms with Crippen molar-refractivity contribution in [2.75, 3.05) is 16.0 Å². The molecule has 0 unspecified atom stereocenters. The Labute approximate surface area is 109 Å². The van der Waals surface area contributed by atoms with Crippen molar-refractivity contribution in [2.24, 2.45) is 0 Å². The van der Waals surface area contributed by atoms with Gasteiger partial charge in [-0.05, 0) is 24.6 Å². The van der Waals surface area contributed by atoms with Crippen molar-refractivity contribution >= 4 is 39.1 Å². The molecule has 0 spiro atoms. The van der Waals surface area contributed by atoms with E-state index >= 15 is 0 Å². The number of anilines is 2. The van der Waals surface area contributed by atoms with E-state index in [0.717, 1.165) is 11.3 Å². The van der Waals surface area contributed by atoms with E-state index in [-0.39, 0.29) is 17.1 Å². The fraction of sp³-hybridized carbons (Fsp3) is 0.333. The molecule has 0 aromatic heterocycles. The first kappa shape index (κ1) is 13.7. The van der Waals surface area contributed by atoms with Crippen LogP contribution >= 0.6 is 15.9 Å². The Morgan fingerprint density at radius 1 is 1.18 bits per heavy atom. The van der Waals surface area contributed by atoms with Gasteiger partial charge in [0.05, 0.1) is 5.33 Å². The highest BCUT2D eigenvalue weighted by Gasteiger charge is 2.08. The minimum absolute atomic E-state index is 0.0444. The average molecular weight is 299 g/mol. The van der Waals surface area contributed by atoms with Gasteiger partial charge in [0, 0.05) is 17.8 Å². The van der Waals surface area contributed by atoms with Crippen LogP contribution in [0.25, 0.3) is 0 Å². The van der Waals surface area contributed by atoms with E-state index in [1.807, 2.05) is 13.0 Å². The van der Waals surface area contributed by atoms with Crippen LogP contribution in [0.15, 0.2) is 18.2 Å². The molecule has 0 saturated carbocycles. The van der Waals surface area contributed by atoms with Crippen LogP contribution in [-0.2, 0) is 9.59 Å². The lowest BCUT2D eigenvalue weighted by atomic mass is 10.1. The van der Waals surface area contributed by atoms with Gasteiger partial charge in [-0.2, -0.15) is 0 Å². The lowest BCUT2D eigenvalue weighted by Gasteiger charge is -2.12. The highest BCUT2D eigenvalue weighted by Crippen LogP contribution is 2.23. The average Bonchev–Trinajstić information content (AvgIpc) is 2.33. The van der Waals surface area contributed by atoms with E-state index in [1.165, 1.54) is 0 Å². The van der Waals surface area contributed by atoms with Crippen LogP contribution < -0.4 is 10.6 Å². The smallest absolute Gasteiger partial charge is 0.235 e. The molecule has 0 heterocycles. The van der Waals surface area contributed by atoms with E-state index in [1.54, 1.807) is 19.1 Å². The lowest BCUT2D eigenvalue weighted by molar-refractivity contribution is -0.116. The molecule has 5 heteroatoms. The van der Waals surface area contributed by atoms with Gasteiger partial charge >= 0.3 is 0 Å². The first-order chi connectivity index (χ1) is 8.08. The Hall–Kier alpha value is -1.36. The van der Waals surface area contributed by atoms with Crippen LogP contribution in [0.1, 0.15) is 18.9 Å². The van der Waals surface area contributed by atoms with Crippen LogP contribution in [-0.4, -0.2) is 17.1 Å². The van der Waals surface area contributed by atoms with Crippen molar-refractivity contribution in [3.8, 4) is 0 Å². The predicted octanol–water partition coefficient (Wildman–Crippen LogP) is 2.68. The number of carbonyl (C=O) groups excluding carboxylic acids is 2. The zero-order valence-electron chi connectivity index (χ0n) is 9.84. The van der Waals surface area contributed by atoms with Gasteiger partial charge in [-0.25, -0.2) is 0 Å². The maximum absolute atomic E-state index is 11.3. The summed E-state index contributed by atoms with van der Waals surface area (Å²) in [5.74, 6) is -0.163. The largest absolute Gasteiger partial charge is 0.326 e. The van der Waals surface area contributed by atoms with E-state index in [4.69, 9.17) is 0 Å². The molecule has 0 aliphatic heterocycles. The molecule has 0 atom stereocenters. The number of nitrogens with one attached hydrogen (secondary N) is 2. The summed E-state index contributed by atoms with van der Waals surface area (Å²) in [6.45, 7) is 3.65. The van der Waals surface area contributed by atoms with Crippen molar-refractivity contribution in [3.63, 3.8) is 0 Å². The number of rotatable bonds is 4. The molecule has 1 aromatic carbocycles. The molecule has 0 fully saturated rings. The zero-order chi connectivity index (χ0) is 12.8. The molecule has 4 nitrogen and oxygen atoms in total. The summed E-state index contributed by atoms with van der Waals surface area (Å²) in [7, 11) is 0. The summed E-state index contributed by atoms with van der Waals surface area (Å²) in [4.78, 5) is 22.6. The van der Waals surface area contributed by atoms with Crippen molar-refractivity contribution < 1.29 is 9.59 Å². The van der Waals surface area contributed by atoms with Gasteiger partial charge in [0.1, 0.15) is 0 Å². The first-order valence-corrected chi connectivity index (χ1v) is 6.46. The number of benzene rings is 1. The number of hydrogen-bond acceptors (Lipinski definition) is 2. The summed E-state index contributed by atoms with van der Waals surface area (Å²) in [5.41, 5.74) is 2.29. The molecule has 2 amide bonds. The molecule has 0 bridgehead atoms. The van der Waals surface area contributed by atoms with Crippen LogP contribution in [0.3, 0.4) is 0 Å². The fourth-order valence-corrected chi connectivity index (χ4v) is 1.47. The fourth-order valence-electron chi connectivity index (χ4n) is 1.33. The van der Waals surface area contributed by atoms with E-state index in [9.17, 15) is 9.59 Å². The monoisotopic (exact) mass is 298 g/mol.